The van der Waals surface area contributed by atoms with Gasteiger partial charge in [0.1, 0.15) is 5.56 Å². The van der Waals surface area contributed by atoms with Crippen molar-refractivity contribution in [2.24, 2.45) is 7.05 Å². The van der Waals surface area contributed by atoms with Crippen molar-refractivity contribution in [1.29, 1.82) is 0 Å². The van der Waals surface area contributed by atoms with Crippen LogP contribution in [0.1, 0.15) is 29.4 Å². The van der Waals surface area contributed by atoms with Crippen molar-refractivity contribution in [2.75, 3.05) is 0 Å². The van der Waals surface area contributed by atoms with Gasteiger partial charge in [-0.05, 0) is 12.5 Å². The van der Waals surface area contributed by atoms with Gasteiger partial charge < -0.3 is 5.11 Å². The molecule has 0 aliphatic rings. The lowest BCUT2D eigenvalue weighted by Crippen LogP contribution is -2.00. The molecule has 4 nitrogen and oxygen atoms in total. The molecule has 0 saturated heterocycles. The Morgan fingerprint density at radius 3 is 3.00 bits per heavy atom. The van der Waals surface area contributed by atoms with Crippen molar-refractivity contribution in [3.63, 3.8) is 0 Å². The molecule has 4 heteroatoms. The Labute approximate surface area is 76.5 Å². The average molecular weight is 180 g/mol. The summed E-state index contributed by atoms with van der Waals surface area (Å²) in [6.07, 6.45) is 5.92. The van der Waals surface area contributed by atoms with Crippen LogP contribution in [0.4, 0.5) is 0 Å². The molecular weight excluding hydrogens is 168 g/mol. The van der Waals surface area contributed by atoms with Crippen LogP contribution in [0.15, 0.2) is 12.3 Å². The molecule has 0 spiro atoms. The molecule has 13 heavy (non-hydrogen) atoms. The highest BCUT2D eigenvalue weighted by Gasteiger charge is 2.11. The Bertz CT molecular complexity index is 339. The van der Waals surface area contributed by atoms with Crippen LogP contribution in [0.25, 0.3) is 6.08 Å². The Balaban J connectivity index is 3.08. The topological polar surface area (TPSA) is 55.1 Å². The molecule has 0 aromatic carbocycles. The van der Waals surface area contributed by atoms with Gasteiger partial charge in [-0.15, -0.1) is 0 Å². The maximum Gasteiger partial charge on any atom is 0.339 e. The predicted octanol–water partition coefficient (Wildman–Crippen LogP) is 1.54. The van der Waals surface area contributed by atoms with E-state index in [1.807, 2.05) is 13.0 Å². The Kier molecular flexibility index (Phi) is 2.84. The van der Waals surface area contributed by atoms with Crippen LogP contribution in [0, 0.1) is 0 Å². The first kappa shape index (κ1) is 9.51. The molecule has 1 heterocycles. The summed E-state index contributed by atoms with van der Waals surface area (Å²) in [6, 6.07) is 0. The van der Waals surface area contributed by atoms with E-state index in [0.29, 0.717) is 5.69 Å². The second-order valence-corrected chi connectivity index (χ2v) is 2.68. The summed E-state index contributed by atoms with van der Waals surface area (Å²) in [5.74, 6) is -0.941. The second-order valence-electron chi connectivity index (χ2n) is 2.68. The number of carboxylic acids is 1. The summed E-state index contributed by atoms with van der Waals surface area (Å²) in [5.41, 5.74) is 0.876. The SMILES string of the molecule is CC/C=C/c1c(C(=O)O)cnn1C. The third-order valence-corrected chi connectivity index (χ3v) is 1.73. The van der Waals surface area contributed by atoms with Crippen LogP contribution in [0.5, 0.6) is 0 Å². The van der Waals surface area contributed by atoms with Gasteiger partial charge in [0, 0.05) is 7.05 Å². The Hall–Kier alpha value is -1.58. The fraction of sp³-hybridized carbons (Fsp3) is 0.333. The van der Waals surface area contributed by atoms with Crippen molar-refractivity contribution in [3.05, 3.63) is 23.5 Å². The normalized spacial score (nSPS) is 10.9. The first-order valence-electron chi connectivity index (χ1n) is 4.08. The van der Waals surface area contributed by atoms with Crippen molar-refractivity contribution in [1.82, 2.24) is 9.78 Å². The van der Waals surface area contributed by atoms with Crippen LogP contribution in [-0.4, -0.2) is 20.9 Å². The molecule has 1 aromatic rings. The third-order valence-electron chi connectivity index (χ3n) is 1.73. The van der Waals surface area contributed by atoms with E-state index >= 15 is 0 Å². The van der Waals surface area contributed by atoms with Crippen LogP contribution >= 0.6 is 0 Å². The van der Waals surface area contributed by atoms with Crippen LogP contribution < -0.4 is 0 Å². The molecule has 0 fully saturated rings. The first-order chi connectivity index (χ1) is 6.16. The molecule has 0 amide bonds. The predicted molar refractivity (Wildman–Crippen MR) is 49.5 cm³/mol. The number of allylic oxidation sites excluding steroid dienone is 1. The van der Waals surface area contributed by atoms with E-state index in [1.54, 1.807) is 17.8 Å². The fourth-order valence-corrected chi connectivity index (χ4v) is 1.04. The summed E-state index contributed by atoms with van der Waals surface area (Å²) in [4.78, 5) is 10.7. The maximum atomic E-state index is 10.7. The number of aromatic carboxylic acids is 1. The van der Waals surface area contributed by atoms with Crippen molar-refractivity contribution in [3.8, 4) is 0 Å². The molecule has 0 saturated carbocycles. The highest BCUT2D eigenvalue weighted by atomic mass is 16.4. The summed E-state index contributed by atoms with van der Waals surface area (Å²) in [7, 11) is 1.72. The van der Waals surface area contributed by atoms with Gasteiger partial charge in [0.15, 0.2) is 0 Å². The lowest BCUT2D eigenvalue weighted by atomic mass is 10.2. The average Bonchev–Trinajstić information content (AvgIpc) is 2.43. The molecule has 70 valence electrons. The lowest BCUT2D eigenvalue weighted by Gasteiger charge is -1.95. The standard InChI is InChI=1S/C9H12N2O2/c1-3-4-5-8-7(9(12)13)6-10-11(8)2/h4-6H,3H2,1-2H3,(H,12,13)/b5-4+. The zero-order valence-corrected chi connectivity index (χ0v) is 7.69. The minimum atomic E-state index is -0.941. The summed E-state index contributed by atoms with van der Waals surface area (Å²) < 4.78 is 1.55. The lowest BCUT2D eigenvalue weighted by molar-refractivity contribution is 0.0696. The number of hydrogen-bond donors (Lipinski definition) is 1. The van der Waals surface area contributed by atoms with Crippen molar-refractivity contribution < 1.29 is 9.90 Å². The number of aromatic nitrogens is 2. The molecular formula is C9H12N2O2. The summed E-state index contributed by atoms with van der Waals surface area (Å²) in [6.45, 7) is 1.99. The number of rotatable bonds is 3. The molecule has 0 radical (unpaired) electrons. The minimum absolute atomic E-state index is 0.243. The van der Waals surface area contributed by atoms with E-state index in [1.165, 1.54) is 6.20 Å². The molecule has 1 N–H and O–H groups in total. The third kappa shape index (κ3) is 1.96. The van der Waals surface area contributed by atoms with E-state index in [-0.39, 0.29) is 5.56 Å². The van der Waals surface area contributed by atoms with Crippen LogP contribution in [0.3, 0.4) is 0 Å². The number of hydrogen-bond acceptors (Lipinski definition) is 2. The van der Waals surface area contributed by atoms with Gasteiger partial charge in [-0.3, -0.25) is 4.68 Å². The monoisotopic (exact) mass is 180 g/mol. The quantitative estimate of drug-likeness (QED) is 0.767. The Morgan fingerprint density at radius 1 is 1.77 bits per heavy atom. The smallest absolute Gasteiger partial charge is 0.339 e. The molecule has 1 aromatic heterocycles. The highest BCUT2D eigenvalue weighted by Crippen LogP contribution is 2.09. The molecule has 0 unspecified atom stereocenters. The van der Waals surface area contributed by atoms with Gasteiger partial charge in [-0.1, -0.05) is 13.0 Å². The van der Waals surface area contributed by atoms with Crippen molar-refractivity contribution in [2.45, 2.75) is 13.3 Å². The molecule has 0 atom stereocenters. The number of nitrogens with zero attached hydrogens (tertiary/aromatic N) is 2. The van der Waals surface area contributed by atoms with Gasteiger partial charge in [0.25, 0.3) is 0 Å². The van der Waals surface area contributed by atoms with Gasteiger partial charge in [0.2, 0.25) is 0 Å². The fourth-order valence-electron chi connectivity index (χ4n) is 1.04. The zero-order valence-electron chi connectivity index (χ0n) is 7.69. The van der Waals surface area contributed by atoms with Gasteiger partial charge in [-0.2, -0.15) is 5.10 Å². The molecule has 0 aliphatic carbocycles. The maximum absolute atomic E-state index is 10.7. The van der Waals surface area contributed by atoms with Crippen LogP contribution in [-0.2, 0) is 7.05 Å². The van der Waals surface area contributed by atoms with Gasteiger partial charge in [-0.25, -0.2) is 4.79 Å². The van der Waals surface area contributed by atoms with E-state index in [9.17, 15) is 4.79 Å². The number of aryl methyl sites for hydroxylation is 1. The van der Waals surface area contributed by atoms with E-state index in [4.69, 9.17) is 5.11 Å². The second kappa shape index (κ2) is 3.89. The zero-order chi connectivity index (χ0) is 9.84. The van der Waals surface area contributed by atoms with E-state index in [0.717, 1.165) is 6.42 Å². The molecule has 0 aliphatic heterocycles. The number of carbonyl (C=O) groups is 1. The summed E-state index contributed by atoms with van der Waals surface area (Å²) >= 11 is 0. The van der Waals surface area contributed by atoms with Crippen molar-refractivity contribution >= 4 is 12.0 Å². The van der Waals surface area contributed by atoms with E-state index in [2.05, 4.69) is 5.10 Å². The van der Waals surface area contributed by atoms with E-state index < -0.39 is 5.97 Å². The highest BCUT2D eigenvalue weighted by molar-refractivity contribution is 5.91. The molecule has 1 rings (SSSR count). The van der Waals surface area contributed by atoms with Gasteiger partial charge in [0.05, 0.1) is 11.9 Å². The number of carboxylic acid groups (broad SMARTS) is 1. The summed E-state index contributed by atoms with van der Waals surface area (Å²) in [5, 5.41) is 12.7. The molecule has 0 bridgehead atoms. The largest absolute Gasteiger partial charge is 0.478 e. The minimum Gasteiger partial charge on any atom is -0.478 e. The first-order valence-corrected chi connectivity index (χ1v) is 4.08. The van der Waals surface area contributed by atoms with Crippen LogP contribution in [0.2, 0.25) is 0 Å². The van der Waals surface area contributed by atoms with Gasteiger partial charge >= 0.3 is 5.97 Å². The Morgan fingerprint density at radius 2 is 2.46 bits per heavy atom.